The number of nitrogens with one attached hydrogen (secondary N) is 1. The van der Waals surface area contributed by atoms with Gasteiger partial charge >= 0.3 is 5.97 Å². The normalized spacial score (nSPS) is 11.0. The molecular weight excluding hydrogens is 244 g/mol. The van der Waals surface area contributed by atoms with Gasteiger partial charge in [0.2, 0.25) is 15.9 Å². The summed E-state index contributed by atoms with van der Waals surface area (Å²) in [6.07, 6.45) is 0. The maximum Gasteiger partial charge on any atom is 0.313 e. The number of carboxylic acid groups (broad SMARTS) is 1. The molecule has 1 amide bonds. The lowest BCUT2D eigenvalue weighted by Crippen LogP contribution is -2.32. The lowest BCUT2D eigenvalue weighted by molar-refractivity contribution is -0.133. The van der Waals surface area contributed by atoms with E-state index in [9.17, 15) is 18.0 Å². The van der Waals surface area contributed by atoms with Crippen molar-refractivity contribution in [1.29, 1.82) is 0 Å². The molecule has 4 N–H and O–H groups in total. The van der Waals surface area contributed by atoms with Crippen LogP contribution >= 0.6 is 11.8 Å². The highest BCUT2D eigenvalue weighted by atomic mass is 32.2. The molecule has 7 nitrogen and oxygen atoms in total. The zero-order chi connectivity index (χ0) is 11.9. The molecule has 0 aliphatic rings. The molecular formula is C6H12N2O5S2. The lowest BCUT2D eigenvalue weighted by atomic mass is 10.6. The van der Waals surface area contributed by atoms with Crippen molar-refractivity contribution in [1.82, 2.24) is 5.32 Å². The van der Waals surface area contributed by atoms with Crippen LogP contribution in [-0.2, 0) is 19.6 Å². The third kappa shape index (κ3) is 11.1. The van der Waals surface area contributed by atoms with E-state index < -0.39 is 21.9 Å². The van der Waals surface area contributed by atoms with E-state index in [1.54, 1.807) is 0 Å². The number of carbonyl (C=O) groups excluding carboxylic acids is 1. The van der Waals surface area contributed by atoms with Crippen molar-refractivity contribution in [2.75, 3.05) is 23.8 Å². The van der Waals surface area contributed by atoms with Crippen LogP contribution in [0.2, 0.25) is 0 Å². The third-order valence-corrected chi connectivity index (χ3v) is 2.86. The first-order valence-electron chi connectivity index (χ1n) is 3.88. The Morgan fingerprint density at radius 1 is 1.33 bits per heavy atom. The highest BCUT2D eigenvalue weighted by molar-refractivity contribution is 8.00. The van der Waals surface area contributed by atoms with Crippen LogP contribution in [0.5, 0.6) is 0 Å². The Bertz CT molecular complexity index is 326. The molecule has 88 valence electrons. The van der Waals surface area contributed by atoms with E-state index in [0.717, 1.165) is 11.8 Å². The van der Waals surface area contributed by atoms with Crippen molar-refractivity contribution < 1.29 is 23.1 Å². The number of nitrogens with two attached hydrogens (primary N) is 1. The highest BCUT2D eigenvalue weighted by Gasteiger charge is 2.06. The van der Waals surface area contributed by atoms with Crippen LogP contribution in [0.3, 0.4) is 0 Å². The Labute approximate surface area is 91.5 Å². The first-order valence-corrected chi connectivity index (χ1v) is 6.75. The fourth-order valence-electron chi connectivity index (χ4n) is 0.615. The number of carboxylic acids is 1. The molecule has 0 bridgehead atoms. The summed E-state index contributed by atoms with van der Waals surface area (Å²) in [4.78, 5) is 21.0. The fourth-order valence-corrected chi connectivity index (χ4v) is 1.57. The minimum Gasteiger partial charge on any atom is -0.481 e. The molecule has 0 heterocycles. The minimum absolute atomic E-state index is 0.0169. The van der Waals surface area contributed by atoms with Gasteiger partial charge in [-0.25, -0.2) is 13.6 Å². The molecule has 0 aliphatic heterocycles. The average Bonchev–Trinajstić information content (AvgIpc) is 2.00. The summed E-state index contributed by atoms with van der Waals surface area (Å²) >= 11 is 0.935. The Morgan fingerprint density at radius 2 is 1.93 bits per heavy atom. The summed E-state index contributed by atoms with van der Waals surface area (Å²) in [5.74, 6) is -1.93. The number of hydrogen-bond acceptors (Lipinski definition) is 5. The van der Waals surface area contributed by atoms with Crippen LogP contribution in [0.4, 0.5) is 0 Å². The van der Waals surface area contributed by atoms with Crippen LogP contribution in [0.1, 0.15) is 0 Å². The molecule has 0 unspecified atom stereocenters. The van der Waals surface area contributed by atoms with Crippen molar-refractivity contribution in [3.8, 4) is 0 Å². The van der Waals surface area contributed by atoms with Gasteiger partial charge in [-0.15, -0.1) is 11.8 Å². The summed E-state index contributed by atoms with van der Waals surface area (Å²) in [6, 6.07) is 0. The second-order valence-corrected chi connectivity index (χ2v) is 5.32. The van der Waals surface area contributed by atoms with Crippen molar-refractivity contribution in [3.63, 3.8) is 0 Å². The number of aliphatic carboxylic acids is 1. The smallest absolute Gasteiger partial charge is 0.313 e. The van der Waals surface area contributed by atoms with Crippen molar-refractivity contribution >= 4 is 33.7 Å². The van der Waals surface area contributed by atoms with Gasteiger partial charge in [-0.3, -0.25) is 9.59 Å². The number of carbonyl (C=O) groups is 2. The summed E-state index contributed by atoms with van der Waals surface area (Å²) < 4.78 is 20.9. The number of hydrogen-bond donors (Lipinski definition) is 3. The molecule has 0 fully saturated rings. The zero-order valence-corrected chi connectivity index (χ0v) is 9.44. The van der Waals surface area contributed by atoms with Crippen LogP contribution < -0.4 is 10.5 Å². The first kappa shape index (κ1) is 14.2. The third-order valence-electron chi connectivity index (χ3n) is 1.17. The number of primary sulfonamides is 1. The molecule has 0 aliphatic carbocycles. The molecule has 0 spiro atoms. The zero-order valence-electron chi connectivity index (χ0n) is 7.80. The SMILES string of the molecule is NS(=O)(=O)CCNC(=O)CSCC(=O)O. The van der Waals surface area contributed by atoms with E-state index in [-0.39, 0.29) is 23.8 Å². The van der Waals surface area contributed by atoms with Crippen LogP contribution in [-0.4, -0.2) is 49.2 Å². The van der Waals surface area contributed by atoms with Crippen LogP contribution in [0, 0.1) is 0 Å². The molecule has 0 aromatic heterocycles. The first-order chi connectivity index (χ1) is 6.81. The van der Waals surface area contributed by atoms with Gasteiger partial charge in [0.05, 0.1) is 17.3 Å². The van der Waals surface area contributed by atoms with E-state index in [4.69, 9.17) is 10.2 Å². The lowest BCUT2D eigenvalue weighted by Gasteiger charge is -2.02. The van der Waals surface area contributed by atoms with Gasteiger partial charge in [-0.05, 0) is 0 Å². The van der Waals surface area contributed by atoms with Gasteiger partial charge in [0.15, 0.2) is 0 Å². The molecule has 0 atom stereocenters. The van der Waals surface area contributed by atoms with Crippen LogP contribution in [0.25, 0.3) is 0 Å². The average molecular weight is 256 g/mol. The maximum atomic E-state index is 10.9. The predicted molar refractivity (Wildman–Crippen MR) is 55.9 cm³/mol. The van der Waals surface area contributed by atoms with Gasteiger partial charge in [0, 0.05) is 6.54 Å². The molecule has 0 radical (unpaired) electrons. The van der Waals surface area contributed by atoms with E-state index in [0.29, 0.717) is 0 Å². The fraction of sp³-hybridized carbons (Fsp3) is 0.667. The molecule has 0 aromatic rings. The molecule has 0 saturated carbocycles. The minimum atomic E-state index is -3.57. The van der Waals surface area contributed by atoms with Gasteiger partial charge in [0.1, 0.15) is 0 Å². The van der Waals surface area contributed by atoms with Crippen molar-refractivity contribution in [2.24, 2.45) is 5.14 Å². The van der Waals surface area contributed by atoms with Gasteiger partial charge in [-0.1, -0.05) is 0 Å². The van der Waals surface area contributed by atoms with E-state index in [2.05, 4.69) is 5.32 Å². The Hall–Kier alpha value is -0.800. The van der Waals surface area contributed by atoms with E-state index in [1.165, 1.54) is 0 Å². The number of thioether (sulfide) groups is 1. The summed E-state index contributed by atoms with van der Waals surface area (Å²) in [6.45, 7) is -0.0642. The van der Waals surface area contributed by atoms with Gasteiger partial charge in [-0.2, -0.15) is 0 Å². The topological polar surface area (TPSA) is 127 Å². The van der Waals surface area contributed by atoms with Crippen molar-refractivity contribution in [3.05, 3.63) is 0 Å². The molecule has 0 saturated heterocycles. The Kier molecular flexibility index (Phi) is 6.29. The van der Waals surface area contributed by atoms with E-state index in [1.807, 2.05) is 0 Å². The highest BCUT2D eigenvalue weighted by Crippen LogP contribution is 1.97. The second kappa shape index (κ2) is 6.64. The van der Waals surface area contributed by atoms with Crippen molar-refractivity contribution in [2.45, 2.75) is 0 Å². The molecule has 15 heavy (non-hydrogen) atoms. The summed E-state index contributed by atoms with van der Waals surface area (Å²) in [5, 5.41) is 15.3. The Balaban J connectivity index is 3.54. The Morgan fingerprint density at radius 3 is 2.40 bits per heavy atom. The standard InChI is InChI=1S/C6H12N2O5S2/c7-15(12,13)2-1-8-5(9)3-14-4-6(10)11/h1-4H2,(H,8,9)(H,10,11)(H2,7,12,13). The largest absolute Gasteiger partial charge is 0.481 e. The monoisotopic (exact) mass is 256 g/mol. The summed E-state index contributed by atoms with van der Waals surface area (Å²) in [5.41, 5.74) is 0. The van der Waals surface area contributed by atoms with Gasteiger partial charge in [0.25, 0.3) is 0 Å². The maximum absolute atomic E-state index is 10.9. The quantitative estimate of drug-likeness (QED) is 0.493. The van der Waals surface area contributed by atoms with Crippen LogP contribution in [0.15, 0.2) is 0 Å². The molecule has 9 heteroatoms. The number of amides is 1. The predicted octanol–water partition coefficient (Wildman–Crippen LogP) is -1.79. The second-order valence-electron chi connectivity index (χ2n) is 2.60. The number of rotatable bonds is 7. The van der Waals surface area contributed by atoms with Gasteiger partial charge < -0.3 is 10.4 Å². The summed E-state index contributed by atoms with van der Waals surface area (Å²) in [7, 11) is -3.57. The number of sulfonamides is 1. The molecule has 0 aromatic carbocycles. The molecule has 0 rings (SSSR count). The van der Waals surface area contributed by atoms with E-state index >= 15 is 0 Å².